The minimum absolute atomic E-state index is 0.252. The number of benzene rings is 1. The van der Waals surface area contributed by atoms with Crippen LogP contribution in [0.1, 0.15) is 24.9 Å². The molecule has 7 nitrogen and oxygen atoms in total. The number of amides is 1. The van der Waals surface area contributed by atoms with Gasteiger partial charge in [-0.1, -0.05) is 0 Å². The number of methoxy groups -OCH3 is 3. The van der Waals surface area contributed by atoms with Crippen molar-refractivity contribution in [2.45, 2.75) is 19.4 Å². The maximum Gasteiger partial charge on any atom is 0.305 e. The standard InChI is InChI=1S/C14H19NO6/c1-8(16)15-10(7-13(17)18)9-5-11(19-2)14(21-4)12(6-9)20-3/h5-6,10H,7H2,1-4H3,(H,15,16)(H,17,18)/t10-/m1/s1. The Bertz CT molecular complexity index is 487. The first-order chi connectivity index (χ1) is 9.92. The van der Waals surface area contributed by atoms with Crippen LogP contribution in [0.5, 0.6) is 17.2 Å². The molecule has 1 rings (SSSR count). The smallest absolute Gasteiger partial charge is 0.305 e. The molecule has 0 aliphatic rings. The van der Waals surface area contributed by atoms with Gasteiger partial charge < -0.3 is 24.6 Å². The molecule has 7 heteroatoms. The van der Waals surface area contributed by atoms with Crippen molar-refractivity contribution in [2.24, 2.45) is 0 Å². The highest BCUT2D eigenvalue weighted by Crippen LogP contribution is 2.40. The van der Waals surface area contributed by atoms with Crippen molar-refractivity contribution in [2.75, 3.05) is 21.3 Å². The lowest BCUT2D eigenvalue weighted by Gasteiger charge is -2.20. The first kappa shape index (κ1) is 16.6. The van der Waals surface area contributed by atoms with E-state index in [0.29, 0.717) is 22.8 Å². The third-order valence-corrected chi connectivity index (χ3v) is 2.85. The zero-order valence-corrected chi connectivity index (χ0v) is 12.4. The quantitative estimate of drug-likeness (QED) is 0.789. The number of nitrogens with one attached hydrogen (secondary N) is 1. The topological polar surface area (TPSA) is 94.1 Å². The molecule has 116 valence electrons. The molecule has 0 radical (unpaired) electrons. The number of hydrogen-bond acceptors (Lipinski definition) is 5. The molecular formula is C14H19NO6. The Morgan fingerprint density at radius 3 is 2.00 bits per heavy atom. The number of hydrogen-bond donors (Lipinski definition) is 2. The number of carboxylic acid groups (broad SMARTS) is 1. The van der Waals surface area contributed by atoms with Crippen LogP contribution in [0.2, 0.25) is 0 Å². The molecule has 0 saturated heterocycles. The van der Waals surface area contributed by atoms with Gasteiger partial charge in [-0.05, 0) is 17.7 Å². The Labute approximate surface area is 122 Å². The molecule has 0 aliphatic carbocycles. The maximum absolute atomic E-state index is 11.2. The van der Waals surface area contributed by atoms with E-state index in [2.05, 4.69) is 5.32 Å². The Kier molecular flexibility index (Phi) is 5.83. The van der Waals surface area contributed by atoms with Gasteiger partial charge in [-0.15, -0.1) is 0 Å². The van der Waals surface area contributed by atoms with Crippen molar-refractivity contribution in [3.8, 4) is 17.2 Å². The fourth-order valence-electron chi connectivity index (χ4n) is 1.97. The number of ether oxygens (including phenoxy) is 3. The second kappa shape index (κ2) is 7.37. The molecular weight excluding hydrogens is 278 g/mol. The van der Waals surface area contributed by atoms with Crippen LogP contribution in [0.15, 0.2) is 12.1 Å². The average molecular weight is 297 g/mol. The summed E-state index contributed by atoms with van der Waals surface area (Å²) in [4.78, 5) is 22.2. The van der Waals surface area contributed by atoms with Gasteiger partial charge in [0.25, 0.3) is 0 Å². The summed E-state index contributed by atoms with van der Waals surface area (Å²) in [5.41, 5.74) is 0.558. The molecule has 0 bridgehead atoms. The molecule has 1 amide bonds. The molecule has 0 heterocycles. The van der Waals surface area contributed by atoms with Crippen molar-refractivity contribution >= 4 is 11.9 Å². The SMILES string of the molecule is COc1cc([C@@H](CC(=O)O)NC(C)=O)cc(OC)c1OC. The lowest BCUT2D eigenvalue weighted by molar-refractivity contribution is -0.137. The van der Waals surface area contributed by atoms with Gasteiger partial charge in [0.1, 0.15) is 0 Å². The third-order valence-electron chi connectivity index (χ3n) is 2.85. The van der Waals surface area contributed by atoms with Gasteiger partial charge in [0.05, 0.1) is 33.8 Å². The van der Waals surface area contributed by atoms with Crippen molar-refractivity contribution in [1.29, 1.82) is 0 Å². The van der Waals surface area contributed by atoms with Crippen LogP contribution < -0.4 is 19.5 Å². The lowest BCUT2D eigenvalue weighted by atomic mass is 10.0. The van der Waals surface area contributed by atoms with E-state index in [1.54, 1.807) is 12.1 Å². The van der Waals surface area contributed by atoms with E-state index in [1.165, 1.54) is 28.3 Å². The van der Waals surface area contributed by atoms with Crippen molar-refractivity contribution in [1.82, 2.24) is 5.32 Å². The molecule has 0 aliphatic heterocycles. The normalized spacial score (nSPS) is 11.4. The van der Waals surface area contributed by atoms with Crippen molar-refractivity contribution in [3.05, 3.63) is 17.7 Å². The van der Waals surface area contributed by atoms with Crippen LogP contribution in [0.3, 0.4) is 0 Å². The summed E-state index contributed by atoms with van der Waals surface area (Å²) in [6.45, 7) is 1.33. The minimum atomic E-state index is -1.03. The number of carbonyl (C=O) groups is 2. The summed E-state index contributed by atoms with van der Waals surface area (Å²) in [5, 5.41) is 11.6. The van der Waals surface area contributed by atoms with Crippen molar-refractivity contribution in [3.63, 3.8) is 0 Å². The van der Waals surface area contributed by atoms with E-state index in [9.17, 15) is 9.59 Å². The Balaban J connectivity index is 3.29. The molecule has 0 unspecified atom stereocenters. The summed E-state index contributed by atoms with van der Waals surface area (Å²) < 4.78 is 15.6. The molecule has 0 saturated carbocycles. The van der Waals surface area contributed by atoms with Gasteiger partial charge in [0, 0.05) is 6.92 Å². The lowest BCUT2D eigenvalue weighted by Crippen LogP contribution is -2.28. The van der Waals surface area contributed by atoms with E-state index in [1.807, 2.05) is 0 Å². The van der Waals surface area contributed by atoms with E-state index < -0.39 is 12.0 Å². The molecule has 0 fully saturated rings. The van der Waals surface area contributed by atoms with Crippen LogP contribution in [-0.4, -0.2) is 38.3 Å². The summed E-state index contributed by atoms with van der Waals surface area (Å²) in [7, 11) is 4.40. The van der Waals surface area contributed by atoms with E-state index >= 15 is 0 Å². The zero-order chi connectivity index (χ0) is 16.0. The summed E-state index contributed by atoms with van der Waals surface area (Å²) in [5.74, 6) is -0.154. The molecule has 21 heavy (non-hydrogen) atoms. The highest BCUT2D eigenvalue weighted by atomic mass is 16.5. The molecule has 0 aromatic heterocycles. The van der Waals surface area contributed by atoms with Gasteiger partial charge in [-0.2, -0.15) is 0 Å². The maximum atomic E-state index is 11.2. The van der Waals surface area contributed by atoms with Gasteiger partial charge in [-0.3, -0.25) is 9.59 Å². The van der Waals surface area contributed by atoms with Crippen LogP contribution >= 0.6 is 0 Å². The average Bonchev–Trinajstić information content (AvgIpc) is 2.43. The third kappa shape index (κ3) is 4.27. The van der Waals surface area contributed by atoms with Gasteiger partial charge in [-0.25, -0.2) is 0 Å². The van der Waals surface area contributed by atoms with Gasteiger partial charge >= 0.3 is 5.97 Å². The molecule has 0 spiro atoms. The molecule has 1 aromatic rings. The highest BCUT2D eigenvalue weighted by Gasteiger charge is 2.21. The predicted molar refractivity (Wildman–Crippen MR) is 74.9 cm³/mol. The number of rotatable bonds is 7. The zero-order valence-electron chi connectivity index (χ0n) is 12.4. The van der Waals surface area contributed by atoms with Gasteiger partial charge in [0.15, 0.2) is 11.5 Å². The van der Waals surface area contributed by atoms with Crippen LogP contribution in [0.25, 0.3) is 0 Å². The number of aliphatic carboxylic acids is 1. The largest absolute Gasteiger partial charge is 0.493 e. The van der Waals surface area contributed by atoms with Crippen LogP contribution in [0, 0.1) is 0 Å². The number of carboxylic acids is 1. The Hall–Kier alpha value is -2.44. The summed E-state index contributed by atoms with van der Waals surface area (Å²) in [6, 6.07) is 2.55. The monoisotopic (exact) mass is 297 g/mol. The number of carbonyl (C=O) groups excluding carboxylic acids is 1. The van der Waals surface area contributed by atoms with Crippen molar-refractivity contribution < 1.29 is 28.9 Å². The van der Waals surface area contributed by atoms with Crippen LogP contribution in [0.4, 0.5) is 0 Å². The molecule has 1 aromatic carbocycles. The second-order valence-corrected chi connectivity index (χ2v) is 4.31. The summed E-state index contributed by atoms with van der Waals surface area (Å²) >= 11 is 0. The molecule has 1 atom stereocenters. The predicted octanol–water partition coefficient (Wildman–Crippen LogP) is 1.36. The van der Waals surface area contributed by atoms with E-state index in [4.69, 9.17) is 19.3 Å². The first-order valence-electron chi connectivity index (χ1n) is 6.21. The first-order valence-corrected chi connectivity index (χ1v) is 6.21. The second-order valence-electron chi connectivity index (χ2n) is 4.31. The highest BCUT2D eigenvalue weighted by molar-refractivity contribution is 5.75. The Morgan fingerprint density at radius 1 is 1.14 bits per heavy atom. The van der Waals surface area contributed by atoms with Gasteiger partial charge in [0.2, 0.25) is 11.7 Å². The summed E-state index contributed by atoms with van der Waals surface area (Å²) in [6.07, 6.45) is -0.252. The fraction of sp³-hybridized carbons (Fsp3) is 0.429. The van der Waals surface area contributed by atoms with Crippen LogP contribution in [-0.2, 0) is 9.59 Å². The van der Waals surface area contributed by atoms with E-state index in [0.717, 1.165) is 0 Å². The fourth-order valence-corrected chi connectivity index (χ4v) is 1.97. The minimum Gasteiger partial charge on any atom is -0.493 e. The Morgan fingerprint density at radius 2 is 1.67 bits per heavy atom. The van der Waals surface area contributed by atoms with E-state index in [-0.39, 0.29) is 12.3 Å². The molecule has 2 N–H and O–H groups in total.